The number of hydrogen-bond acceptors (Lipinski definition) is 4. The van der Waals surface area contributed by atoms with Gasteiger partial charge in [-0.15, -0.1) is 0 Å². The van der Waals surface area contributed by atoms with Crippen LogP contribution < -0.4 is 5.32 Å². The number of rotatable bonds is 4. The summed E-state index contributed by atoms with van der Waals surface area (Å²) in [5.74, 6) is 0.873. The summed E-state index contributed by atoms with van der Waals surface area (Å²) in [5.41, 5.74) is 2.07. The number of aromatic nitrogens is 2. The van der Waals surface area contributed by atoms with E-state index in [2.05, 4.69) is 33.7 Å². The van der Waals surface area contributed by atoms with Crippen LogP contribution in [0.2, 0.25) is 0 Å². The van der Waals surface area contributed by atoms with Crippen LogP contribution in [-0.4, -0.2) is 16.5 Å². The molecule has 0 aliphatic carbocycles. The fraction of sp³-hybridized carbons (Fsp3) is 0.273. The number of hydrogen-bond donors (Lipinski definition) is 1. The highest BCUT2D eigenvalue weighted by molar-refractivity contribution is 7.08. The van der Waals surface area contributed by atoms with Crippen molar-refractivity contribution in [3.8, 4) is 11.3 Å². The van der Waals surface area contributed by atoms with Gasteiger partial charge in [-0.2, -0.15) is 11.3 Å². The Morgan fingerprint density at radius 3 is 2.93 bits per heavy atom. The summed E-state index contributed by atoms with van der Waals surface area (Å²) in [6.07, 6.45) is 4.53. The Morgan fingerprint density at radius 1 is 1.33 bits per heavy atom. The minimum absolute atomic E-state index is 0.873. The molecule has 0 saturated carbocycles. The first kappa shape index (κ1) is 10.1. The van der Waals surface area contributed by atoms with Crippen LogP contribution in [0, 0.1) is 0 Å². The minimum atomic E-state index is 0.873. The van der Waals surface area contributed by atoms with Crippen molar-refractivity contribution in [1.29, 1.82) is 0 Å². The molecule has 0 atom stereocenters. The van der Waals surface area contributed by atoms with Crippen molar-refractivity contribution in [1.82, 2.24) is 9.97 Å². The van der Waals surface area contributed by atoms with Crippen LogP contribution in [0.15, 0.2) is 29.2 Å². The van der Waals surface area contributed by atoms with Gasteiger partial charge in [0.1, 0.15) is 5.69 Å². The van der Waals surface area contributed by atoms with E-state index in [1.54, 1.807) is 23.7 Å². The van der Waals surface area contributed by atoms with Gasteiger partial charge in [-0.1, -0.05) is 6.92 Å². The molecule has 4 heteroatoms. The zero-order chi connectivity index (χ0) is 10.5. The van der Waals surface area contributed by atoms with Crippen LogP contribution in [0.3, 0.4) is 0 Å². The summed E-state index contributed by atoms with van der Waals surface area (Å²) in [7, 11) is 0. The van der Waals surface area contributed by atoms with Gasteiger partial charge in [0, 0.05) is 29.9 Å². The first-order chi connectivity index (χ1) is 7.42. The third-order valence-electron chi connectivity index (χ3n) is 2.04. The fourth-order valence-corrected chi connectivity index (χ4v) is 1.96. The highest BCUT2D eigenvalue weighted by Crippen LogP contribution is 2.25. The number of nitrogens with zero attached hydrogens (tertiary/aromatic N) is 2. The highest BCUT2D eigenvalue weighted by Gasteiger charge is 2.06. The summed E-state index contributed by atoms with van der Waals surface area (Å²) >= 11 is 1.67. The average Bonchev–Trinajstić information content (AvgIpc) is 2.80. The van der Waals surface area contributed by atoms with Crippen LogP contribution in [0.5, 0.6) is 0 Å². The van der Waals surface area contributed by atoms with Crippen LogP contribution in [0.1, 0.15) is 13.3 Å². The molecular weight excluding hydrogens is 206 g/mol. The molecule has 0 radical (unpaired) electrons. The molecule has 2 heterocycles. The van der Waals surface area contributed by atoms with Crippen LogP contribution >= 0.6 is 11.3 Å². The van der Waals surface area contributed by atoms with Gasteiger partial charge < -0.3 is 5.32 Å². The quantitative estimate of drug-likeness (QED) is 0.859. The molecule has 2 aromatic rings. The molecule has 3 nitrogen and oxygen atoms in total. The third kappa shape index (κ3) is 2.33. The first-order valence-electron chi connectivity index (χ1n) is 4.99. The predicted octanol–water partition coefficient (Wildman–Crippen LogP) is 3.03. The van der Waals surface area contributed by atoms with Crippen LogP contribution in [0.25, 0.3) is 11.3 Å². The fourth-order valence-electron chi connectivity index (χ4n) is 1.32. The Bertz CT molecular complexity index is 412. The lowest BCUT2D eigenvalue weighted by Crippen LogP contribution is -2.04. The lowest BCUT2D eigenvalue weighted by Gasteiger charge is -2.07. The van der Waals surface area contributed by atoms with E-state index in [1.807, 2.05) is 5.38 Å². The molecule has 78 valence electrons. The molecule has 0 fully saturated rings. The zero-order valence-corrected chi connectivity index (χ0v) is 9.42. The first-order valence-corrected chi connectivity index (χ1v) is 5.93. The molecule has 1 N–H and O–H groups in total. The molecule has 0 bridgehead atoms. The maximum Gasteiger partial charge on any atom is 0.152 e. The summed E-state index contributed by atoms with van der Waals surface area (Å²) in [6.45, 7) is 3.06. The van der Waals surface area contributed by atoms with Gasteiger partial charge in [0.05, 0.1) is 0 Å². The van der Waals surface area contributed by atoms with Crippen molar-refractivity contribution in [3.05, 3.63) is 29.2 Å². The van der Waals surface area contributed by atoms with Crippen molar-refractivity contribution in [2.45, 2.75) is 13.3 Å². The minimum Gasteiger partial charge on any atom is -0.368 e. The molecule has 2 rings (SSSR count). The maximum absolute atomic E-state index is 4.36. The summed E-state index contributed by atoms with van der Waals surface area (Å²) in [4.78, 5) is 8.66. The van der Waals surface area contributed by atoms with Crippen LogP contribution in [-0.2, 0) is 0 Å². The molecule has 0 unspecified atom stereocenters. The molecule has 0 aliphatic heterocycles. The lowest BCUT2D eigenvalue weighted by molar-refractivity contribution is 0.966. The second kappa shape index (κ2) is 4.89. The van der Waals surface area contributed by atoms with E-state index in [9.17, 15) is 0 Å². The number of nitrogens with one attached hydrogen (secondary N) is 1. The van der Waals surface area contributed by atoms with Gasteiger partial charge in [0.15, 0.2) is 5.82 Å². The second-order valence-electron chi connectivity index (χ2n) is 3.19. The normalized spacial score (nSPS) is 10.2. The van der Waals surface area contributed by atoms with E-state index in [0.29, 0.717) is 0 Å². The monoisotopic (exact) mass is 219 g/mol. The summed E-state index contributed by atoms with van der Waals surface area (Å²) < 4.78 is 0. The molecule has 0 amide bonds. The second-order valence-corrected chi connectivity index (χ2v) is 3.97. The van der Waals surface area contributed by atoms with Crippen molar-refractivity contribution in [3.63, 3.8) is 0 Å². The standard InChI is InChI=1S/C11H13N3S/c1-2-4-13-11-10(12-5-6-14-11)9-3-7-15-8-9/h3,5-8H,2,4H2,1H3,(H,13,14). The van der Waals surface area contributed by atoms with Crippen molar-refractivity contribution in [2.24, 2.45) is 0 Å². The van der Waals surface area contributed by atoms with E-state index < -0.39 is 0 Å². The molecule has 0 saturated heterocycles. The van der Waals surface area contributed by atoms with Crippen molar-refractivity contribution >= 4 is 17.2 Å². The Labute approximate surface area is 93.2 Å². The smallest absolute Gasteiger partial charge is 0.152 e. The average molecular weight is 219 g/mol. The molecule has 0 spiro atoms. The van der Waals surface area contributed by atoms with Gasteiger partial charge in [0.2, 0.25) is 0 Å². The zero-order valence-electron chi connectivity index (χ0n) is 8.60. The molecule has 15 heavy (non-hydrogen) atoms. The Balaban J connectivity index is 2.30. The third-order valence-corrected chi connectivity index (χ3v) is 2.72. The van der Waals surface area contributed by atoms with Gasteiger partial charge in [-0.25, -0.2) is 4.98 Å². The van der Waals surface area contributed by atoms with Gasteiger partial charge in [0.25, 0.3) is 0 Å². The van der Waals surface area contributed by atoms with E-state index in [1.165, 1.54) is 0 Å². The van der Waals surface area contributed by atoms with E-state index in [4.69, 9.17) is 0 Å². The SMILES string of the molecule is CCCNc1nccnc1-c1ccsc1. The summed E-state index contributed by atoms with van der Waals surface area (Å²) in [5, 5.41) is 7.42. The molecule has 0 aliphatic rings. The molecular formula is C11H13N3S. The Kier molecular flexibility index (Phi) is 3.29. The predicted molar refractivity (Wildman–Crippen MR) is 64.1 cm³/mol. The summed E-state index contributed by atoms with van der Waals surface area (Å²) in [6, 6.07) is 2.06. The van der Waals surface area contributed by atoms with E-state index in [-0.39, 0.29) is 0 Å². The van der Waals surface area contributed by atoms with Crippen molar-refractivity contribution < 1.29 is 0 Å². The van der Waals surface area contributed by atoms with Gasteiger partial charge >= 0.3 is 0 Å². The van der Waals surface area contributed by atoms with E-state index in [0.717, 1.165) is 30.0 Å². The van der Waals surface area contributed by atoms with Crippen LogP contribution in [0.4, 0.5) is 5.82 Å². The topological polar surface area (TPSA) is 37.8 Å². The lowest BCUT2D eigenvalue weighted by atomic mass is 10.2. The van der Waals surface area contributed by atoms with Gasteiger partial charge in [-0.05, 0) is 17.9 Å². The Morgan fingerprint density at radius 2 is 2.20 bits per heavy atom. The largest absolute Gasteiger partial charge is 0.368 e. The highest BCUT2D eigenvalue weighted by atomic mass is 32.1. The molecule has 0 aromatic carbocycles. The Hall–Kier alpha value is -1.42. The maximum atomic E-state index is 4.36. The number of thiophene rings is 1. The number of anilines is 1. The molecule has 2 aromatic heterocycles. The van der Waals surface area contributed by atoms with Crippen molar-refractivity contribution in [2.75, 3.05) is 11.9 Å². The van der Waals surface area contributed by atoms with Gasteiger partial charge in [-0.3, -0.25) is 4.98 Å². The van der Waals surface area contributed by atoms with E-state index >= 15 is 0 Å².